The Labute approximate surface area is 91.6 Å². The predicted molar refractivity (Wildman–Crippen MR) is 64.1 cm³/mol. The van der Waals surface area contributed by atoms with Gasteiger partial charge in [0.25, 0.3) is 0 Å². The largest absolute Gasteiger partial charge is 0.345 e. The lowest BCUT2D eigenvalue weighted by Gasteiger charge is -1.93. The number of aromatic amines is 1. The highest BCUT2D eigenvalue weighted by molar-refractivity contribution is 7.15. The number of fused-ring (bicyclic) bond motifs is 1. The number of rotatable bonds is 1. The molecule has 0 aromatic carbocycles. The Kier molecular flexibility index (Phi) is 1.86. The molecule has 0 fully saturated rings. The van der Waals surface area contributed by atoms with E-state index in [2.05, 4.69) is 35.1 Å². The summed E-state index contributed by atoms with van der Waals surface area (Å²) >= 11 is 1.81. The predicted octanol–water partition coefficient (Wildman–Crippen LogP) is 3.60. The molecule has 3 rings (SSSR count). The van der Waals surface area contributed by atoms with E-state index < -0.39 is 0 Å². The summed E-state index contributed by atoms with van der Waals surface area (Å²) < 4.78 is 0. The molecular formula is C12H10N2S. The third-order valence-corrected chi connectivity index (χ3v) is 3.49. The van der Waals surface area contributed by atoms with Gasteiger partial charge >= 0.3 is 0 Å². The summed E-state index contributed by atoms with van der Waals surface area (Å²) in [6, 6.07) is 8.38. The van der Waals surface area contributed by atoms with Crippen molar-refractivity contribution in [3.8, 4) is 10.4 Å². The topological polar surface area (TPSA) is 28.7 Å². The van der Waals surface area contributed by atoms with Gasteiger partial charge in [-0.15, -0.1) is 11.3 Å². The van der Waals surface area contributed by atoms with Crippen LogP contribution in [-0.4, -0.2) is 9.97 Å². The van der Waals surface area contributed by atoms with E-state index in [0.717, 1.165) is 5.65 Å². The van der Waals surface area contributed by atoms with Crippen molar-refractivity contribution in [2.45, 2.75) is 6.92 Å². The Bertz CT molecular complexity index is 607. The molecule has 2 nitrogen and oxygen atoms in total. The van der Waals surface area contributed by atoms with Crippen LogP contribution in [0.25, 0.3) is 21.5 Å². The summed E-state index contributed by atoms with van der Waals surface area (Å²) in [5.41, 5.74) is 2.20. The van der Waals surface area contributed by atoms with E-state index in [1.807, 2.05) is 29.8 Å². The molecular weight excluding hydrogens is 204 g/mol. The molecule has 1 N–H and O–H groups in total. The lowest BCUT2D eigenvalue weighted by atomic mass is 10.2. The zero-order valence-corrected chi connectivity index (χ0v) is 9.14. The number of aromatic nitrogens is 2. The van der Waals surface area contributed by atoms with Gasteiger partial charge in [-0.3, -0.25) is 0 Å². The average molecular weight is 214 g/mol. The van der Waals surface area contributed by atoms with Crippen molar-refractivity contribution in [1.29, 1.82) is 0 Å². The van der Waals surface area contributed by atoms with Gasteiger partial charge in [0, 0.05) is 33.1 Å². The standard InChI is InChI=1S/C12H10N2S/c1-8-4-5-11(15-8)10-7-14-12-9(10)3-2-6-13-12/h2-7H,1H3,(H,13,14). The highest BCUT2D eigenvalue weighted by Crippen LogP contribution is 2.32. The SMILES string of the molecule is Cc1ccc(-c2c[nH]c3ncccc23)s1. The van der Waals surface area contributed by atoms with Crippen LogP contribution >= 0.6 is 11.3 Å². The number of nitrogens with one attached hydrogen (secondary N) is 1. The van der Waals surface area contributed by atoms with Gasteiger partial charge in [0.05, 0.1) is 0 Å². The molecule has 0 amide bonds. The smallest absolute Gasteiger partial charge is 0.137 e. The van der Waals surface area contributed by atoms with Crippen molar-refractivity contribution in [2.24, 2.45) is 0 Å². The lowest BCUT2D eigenvalue weighted by molar-refractivity contribution is 1.33. The minimum Gasteiger partial charge on any atom is -0.345 e. The van der Waals surface area contributed by atoms with E-state index >= 15 is 0 Å². The normalized spacial score (nSPS) is 11.0. The second-order valence-corrected chi connectivity index (χ2v) is 4.80. The summed E-state index contributed by atoms with van der Waals surface area (Å²) in [7, 11) is 0. The first kappa shape index (κ1) is 8.68. The maximum atomic E-state index is 4.28. The molecule has 0 atom stereocenters. The average Bonchev–Trinajstić information content (AvgIpc) is 2.83. The van der Waals surface area contributed by atoms with Crippen LogP contribution in [-0.2, 0) is 0 Å². The Morgan fingerprint density at radius 3 is 3.00 bits per heavy atom. The van der Waals surface area contributed by atoms with Crippen molar-refractivity contribution >= 4 is 22.4 Å². The van der Waals surface area contributed by atoms with E-state index in [1.54, 1.807) is 0 Å². The van der Waals surface area contributed by atoms with Crippen LogP contribution in [0, 0.1) is 6.92 Å². The number of thiophene rings is 1. The second kappa shape index (κ2) is 3.21. The monoisotopic (exact) mass is 214 g/mol. The fourth-order valence-electron chi connectivity index (χ4n) is 1.74. The van der Waals surface area contributed by atoms with Gasteiger partial charge in [0.15, 0.2) is 0 Å². The molecule has 0 aliphatic carbocycles. The Hall–Kier alpha value is -1.61. The molecule has 0 radical (unpaired) electrons. The maximum Gasteiger partial charge on any atom is 0.137 e. The minimum absolute atomic E-state index is 0.957. The maximum absolute atomic E-state index is 4.28. The summed E-state index contributed by atoms with van der Waals surface area (Å²) in [5, 5.41) is 1.19. The molecule has 3 heteroatoms. The highest BCUT2D eigenvalue weighted by atomic mass is 32.1. The van der Waals surface area contributed by atoms with E-state index in [0.29, 0.717) is 0 Å². The van der Waals surface area contributed by atoms with E-state index in [9.17, 15) is 0 Å². The fourth-order valence-corrected chi connectivity index (χ4v) is 2.64. The van der Waals surface area contributed by atoms with Gasteiger partial charge < -0.3 is 4.98 Å². The molecule has 3 aromatic rings. The van der Waals surface area contributed by atoms with Crippen LogP contribution in [0.4, 0.5) is 0 Å². The quantitative estimate of drug-likeness (QED) is 0.658. The first-order chi connectivity index (χ1) is 7.34. The number of nitrogens with zero attached hydrogens (tertiary/aromatic N) is 1. The zero-order chi connectivity index (χ0) is 10.3. The molecule has 15 heavy (non-hydrogen) atoms. The molecule has 0 aliphatic rings. The van der Waals surface area contributed by atoms with Crippen molar-refractivity contribution in [3.63, 3.8) is 0 Å². The lowest BCUT2D eigenvalue weighted by Crippen LogP contribution is -1.72. The molecule has 0 bridgehead atoms. The molecule has 0 saturated carbocycles. The number of pyridine rings is 1. The van der Waals surface area contributed by atoms with Gasteiger partial charge in [-0.05, 0) is 31.2 Å². The van der Waals surface area contributed by atoms with Crippen molar-refractivity contribution in [2.75, 3.05) is 0 Å². The molecule has 0 saturated heterocycles. The van der Waals surface area contributed by atoms with Crippen LogP contribution in [0.5, 0.6) is 0 Å². The van der Waals surface area contributed by atoms with Crippen LogP contribution in [0.15, 0.2) is 36.7 Å². The number of aryl methyl sites for hydroxylation is 1. The number of H-pyrrole nitrogens is 1. The molecule has 0 spiro atoms. The number of hydrogen-bond donors (Lipinski definition) is 1. The molecule has 3 heterocycles. The third kappa shape index (κ3) is 1.36. The van der Waals surface area contributed by atoms with Crippen molar-refractivity contribution in [1.82, 2.24) is 9.97 Å². The first-order valence-corrected chi connectivity index (χ1v) is 5.65. The van der Waals surface area contributed by atoms with Gasteiger partial charge in [-0.2, -0.15) is 0 Å². The summed E-state index contributed by atoms with van der Waals surface area (Å²) in [6.45, 7) is 2.13. The second-order valence-electron chi connectivity index (χ2n) is 3.51. The first-order valence-electron chi connectivity index (χ1n) is 4.83. The summed E-state index contributed by atoms with van der Waals surface area (Å²) in [6.07, 6.45) is 3.84. The zero-order valence-electron chi connectivity index (χ0n) is 8.32. The van der Waals surface area contributed by atoms with Crippen LogP contribution < -0.4 is 0 Å². The molecule has 74 valence electrons. The van der Waals surface area contributed by atoms with E-state index in [-0.39, 0.29) is 0 Å². The fraction of sp³-hybridized carbons (Fsp3) is 0.0833. The van der Waals surface area contributed by atoms with Crippen LogP contribution in [0.2, 0.25) is 0 Å². The van der Waals surface area contributed by atoms with E-state index in [4.69, 9.17) is 0 Å². The van der Waals surface area contributed by atoms with E-state index in [1.165, 1.54) is 20.7 Å². The van der Waals surface area contributed by atoms with Crippen LogP contribution in [0.3, 0.4) is 0 Å². The van der Waals surface area contributed by atoms with Gasteiger partial charge in [-0.25, -0.2) is 4.98 Å². The molecule has 0 aliphatic heterocycles. The molecule has 0 unspecified atom stereocenters. The Balaban J connectivity index is 2.27. The van der Waals surface area contributed by atoms with Crippen molar-refractivity contribution in [3.05, 3.63) is 41.5 Å². The number of hydrogen-bond acceptors (Lipinski definition) is 2. The summed E-state index contributed by atoms with van der Waals surface area (Å²) in [4.78, 5) is 10.1. The Morgan fingerprint density at radius 2 is 2.20 bits per heavy atom. The van der Waals surface area contributed by atoms with Crippen LogP contribution in [0.1, 0.15) is 4.88 Å². The molecule has 3 aromatic heterocycles. The highest BCUT2D eigenvalue weighted by Gasteiger charge is 2.07. The Morgan fingerprint density at radius 1 is 1.27 bits per heavy atom. The third-order valence-electron chi connectivity index (χ3n) is 2.46. The minimum atomic E-state index is 0.957. The summed E-state index contributed by atoms with van der Waals surface area (Å²) in [5.74, 6) is 0. The van der Waals surface area contributed by atoms with Gasteiger partial charge in [-0.1, -0.05) is 0 Å². The van der Waals surface area contributed by atoms with Gasteiger partial charge in [0.1, 0.15) is 5.65 Å². The van der Waals surface area contributed by atoms with Crippen molar-refractivity contribution < 1.29 is 0 Å². The van der Waals surface area contributed by atoms with Gasteiger partial charge in [0.2, 0.25) is 0 Å².